The summed E-state index contributed by atoms with van der Waals surface area (Å²) in [6.07, 6.45) is 0.742. The Morgan fingerprint density at radius 1 is 1.15 bits per heavy atom. The number of fused-ring (bicyclic) bond motifs is 2. The highest BCUT2D eigenvalue weighted by Gasteiger charge is 2.28. The molecule has 33 heavy (non-hydrogen) atoms. The van der Waals surface area contributed by atoms with Gasteiger partial charge >= 0.3 is 0 Å². The zero-order chi connectivity index (χ0) is 22.9. The van der Waals surface area contributed by atoms with Gasteiger partial charge in [-0.05, 0) is 48.7 Å². The number of aryl methyl sites for hydroxylation is 1. The van der Waals surface area contributed by atoms with Gasteiger partial charge in [-0.25, -0.2) is 4.98 Å². The summed E-state index contributed by atoms with van der Waals surface area (Å²) in [7, 11) is 0. The van der Waals surface area contributed by atoms with Crippen LogP contribution in [0.25, 0.3) is 20.8 Å². The number of hydrogen-bond donors (Lipinski definition) is 1. The normalized spacial score (nSPS) is 13.1. The highest BCUT2D eigenvalue weighted by Crippen LogP contribution is 2.45. The van der Waals surface area contributed by atoms with Crippen LogP contribution < -0.4 is 10.1 Å². The van der Waals surface area contributed by atoms with Crippen molar-refractivity contribution in [2.45, 2.75) is 26.8 Å². The molecule has 168 valence electrons. The molecule has 2 aromatic heterocycles. The molecule has 1 aliphatic heterocycles. The number of ether oxygens (including phenoxy) is 1. The van der Waals surface area contributed by atoms with Crippen LogP contribution in [0.4, 0.5) is 5.00 Å². The number of benzene rings is 2. The van der Waals surface area contributed by atoms with E-state index in [1.54, 1.807) is 18.3 Å². The van der Waals surface area contributed by atoms with Crippen molar-refractivity contribution in [2.75, 3.05) is 18.5 Å². The molecule has 0 radical (unpaired) electrons. The zero-order valence-corrected chi connectivity index (χ0v) is 20.0. The van der Waals surface area contributed by atoms with Crippen molar-refractivity contribution in [3.63, 3.8) is 0 Å². The lowest BCUT2D eigenvalue weighted by Gasteiger charge is -2.26. The van der Waals surface area contributed by atoms with Crippen LogP contribution in [-0.4, -0.2) is 34.8 Å². The third-order valence-corrected chi connectivity index (χ3v) is 7.81. The lowest BCUT2D eigenvalue weighted by molar-refractivity contribution is -0.129. The number of rotatable bonds is 5. The first-order valence-electron chi connectivity index (χ1n) is 10.7. The molecule has 0 spiro atoms. The van der Waals surface area contributed by atoms with Gasteiger partial charge < -0.3 is 15.0 Å². The standard InChI is InChI=1S/C25H23N3O3S2/c1-15-6-5-7-17(12-15)31-14-22(30)27-25-23(24-26-19-8-3-4-9-20(19)32-24)18-10-11-28(16(2)29)13-21(18)33-25/h3-9,12H,10-11,13-14H2,1-2H3,(H,27,30). The summed E-state index contributed by atoms with van der Waals surface area (Å²) < 4.78 is 6.80. The van der Waals surface area contributed by atoms with Crippen molar-refractivity contribution in [1.82, 2.24) is 9.88 Å². The Labute approximate surface area is 199 Å². The van der Waals surface area contributed by atoms with Crippen LogP contribution in [0.15, 0.2) is 48.5 Å². The van der Waals surface area contributed by atoms with E-state index in [-0.39, 0.29) is 18.4 Å². The third kappa shape index (κ3) is 4.49. The second-order valence-corrected chi connectivity index (χ2v) is 10.2. The minimum Gasteiger partial charge on any atom is -0.484 e. The summed E-state index contributed by atoms with van der Waals surface area (Å²) in [5.41, 5.74) is 4.17. The Bertz CT molecular complexity index is 1330. The van der Waals surface area contributed by atoms with Gasteiger partial charge in [0.15, 0.2) is 6.61 Å². The number of anilines is 1. The molecule has 1 N–H and O–H groups in total. The Balaban J connectivity index is 1.45. The largest absolute Gasteiger partial charge is 0.484 e. The van der Waals surface area contributed by atoms with Crippen molar-refractivity contribution < 1.29 is 14.3 Å². The first-order chi connectivity index (χ1) is 16.0. The van der Waals surface area contributed by atoms with E-state index in [4.69, 9.17) is 9.72 Å². The van der Waals surface area contributed by atoms with Crippen molar-refractivity contribution >= 4 is 49.7 Å². The average Bonchev–Trinajstić information content (AvgIpc) is 3.37. The van der Waals surface area contributed by atoms with Crippen LogP contribution in [0.2, 0.25) is 0 Å². The van der Waals surface area contributed by atoms with Crippen LogP contribution in [0.5, 0.6) is 5.75 Å². The number of carbonyl (C=O) groups is 2. The highest BCUT2D eigenvalue weighted by atomic mass is 32.1. The summed E-state index contributed by atoms with van der Waals surface area (Å²) >= 11 is 3.15. The van der Waals surface area contributed by atoms with Gasteiger partial charge in [0, 0.05) is 23.9 Å². The topological polar surface area (TPSA) is 71.5 Å². The minimum absolute atomic E-state index is 0.0627. The summed E-state index contributed by atoms with van der Waals surface area (Å²) in [4.78, 5) is 32.5. The Kier molecular flexibility index (Phi) is 5.86. The smallest absolute Gasteiger partial charge is 0.262 e. The molecule has 2 aromatic carbocycles. The molecule has 8 heteroatoms. The molecule has 0 aliphatic carbocycles. The monoisotopic (exact) mass is 477 g/mol. The van der Waals surface area contributed by atoms with E-state index < -0.39 is 0 Å². The number of nitrogens with zero attached hydrogens (tertiary/aromatic N) is 2. The summed E-state index contributed by atoms with van der Waals surface area (Å²) in [5.74, 6) is 0.507. The number of aromatic nitrogens is 1. The second kappa shape index (κ2) is 8.96. The van der Waals surface area contributed by atoms with Crippen LogP contribution >= 0.6 is 22.7 Å². The van der Waals surface area contributed by atoms with Gasteiger partial charge in [0.1, 0.15) is 15.8 Å². The first-order valence-corrected chi connectivity index (χ1v) is 12.4. The van der Waals surface area contributed by atoms with E-state index in [0.717, 1.165) is 42.7 Å². The van der Waals surface area contributed by atoms with Gasteiger partial charge in [0.2, 0.25) is 5.91 Å². The molecule has 6 nitrogen and oxygen atoms in total. The summed E-state index contributed by atoms with van der Waals surface area (Å²) in [6, 6.07) is 15.7. The van der Waals surface area contributed by atoms with Gasteiger partial charge in [-0.2, -0.15) is 0 Å². The molecule has 0 fully saturated rings. The maximum Gasteiger partial charge on any atom is 0.262 e. The fourth-order valence-corrected chi connectivity index (χ4v) is 6.37. The van der Waals surface area contributed by atoms with Gasteiger partial charge in [-0.1, -0.05) is 24.3 Å². The Morgan fingerprint density at radius 2 is 2.00 bits per heavy atom. The number of hydrogen-bond acceptors (Lipinski definition) is 6. The fourth-order valence-electron chi connectivity index (χ4n) is 3.98. The quantitative estimate of drug-likeness (QED) is 0.426. The van der Waals surface area contributed by atoms with E-state index in [2.05, 4.69) is 11.4 Å². The molecular weight excluding hydrogens is 454 g/mol. The number of carbonyl (C=O) groups excluding carboxylic acids is 2. The van der Waals surface area contributed by atoms with Crippen LogP contribution in [0.1, 0.15) is 22.9 Å². The molecule has 5 rings (SSSR count). The summed E-state index contributed by atoms with van der Waals surface area (Å²) in [6.45, 7) is 4.73. The lowest BCUT2D eigenvalue weighted by Crippen LogP contribution is -2.33. The van der Waals surface area contributed by atoms with Crippen molar-refractivity contribution in [2.24, 2.45) is 0 Å². The first kappa shape index (κ1) is 21.6. The molecule has 0 unspecified atom stereocenters. The lowest BCUT2D eigenvalue weighted by atomic mass is 10.0. The number of thiophene rings is 1. The van der Waals surface area contributed by atoms with Gasteiger partial charge in [0.25, 0.3) is 5.91 Å². The van der Waals surface area contributed by atoms with Crippen molar-refractivity contribution in [3.8, 4) is 16.3 Å². The molecule has 4 aromatic rings. The summed E-state index contributed by atoms with van der Waals surface area (Å²) in [5, 5.41) is 4.71. The predicted octanol–water partition coefficient (Wildman–Crippen LogP) is 5.26. The second-order valence-electron chi connectivity index (χ2n) is 8.04. The highest BCUT2D eigenvalue weighted by molar-refractivity contribution is 7.22. The maximum absolute atomic E-state index is 12.8. The van der Waals surface area contributed by atoms with E-state index in [0.29, 0.717) is 18.8 Å². The number of thiazole rings is 1. The number of nitrogens with one attached hydrogen (secondary N) is 1. The van der Waals surface area contributed by atoms with E-state index in [9.17, 15) is 9.59 Å². The third-order valence-electron chi connectivity index (χ3n) is 5.62. The van der Waals surface area contributed by atoms with Crippen LogP contribution in [0, 0.1) is 6.92 Å². The van der Waals surface area contributed by atoms with Gasteiger partial charge in [-0.15, -0.1) is 22.7 Å². The number of amides is 2. The van der Waals surface area contributed by atoms with E-state index in [1.807, 2.05) is 54.3 Å². The molecular formula is C25H23N3O3S2. The molecule has 2 amide bonds. The molecule has 0 atom stereocenters. The maximum atomic E-state index is 12.8. The van der Waals surface area contributed by atoms with Gasteiger partial charge in [0.05, 0.1) is 16.8 Å². The molecule has 1 aliphatic rings. The van der Waals surface area contributed by atoms with Gasteiger partial charge in [-0.3, -0.25) is 9.59 Å². The predicted molar refractivity (Wildman–Crippen MR) is 133 cm³/mol. The SMILES string of the molecule is CC(=O)N1CCc2c(sc(NC(=O)COc3cccc(C)c3)c2-c2nc3ccccc3s2)C1. The average molecular weight is 478 g/mol. The molecule has 3 heterocycles. The molecule has 0 saturated carbocycles. The minimum atomic E-state index is -0.221. The van der Waals surface area contributed by atoms with Crippen molar-refractivity contribution in [3.05, 3.63) is 64.5 Å². The molecule has 0 saturated heterocycles. The number of para-hydroxylation sites is 1. The van der Waals surface area contributed by atoms with E-state index >= 15 is 0 Å². The zero-order valence-electron chi connectivity index (χ0n) is 18.4. The Hall–Kier alpha value is -3.23. The van der Waals surface area contributed by atoms with E-state index in [1.165, 1.54) is 16.9 Å². The Morgan fingerprint density at radius 3 is 2.79 bits per heavy atom. The molecule has 0 bridgehead atoms. The van der Waals surface area contributed by atoms with Crippen molar-refractivity contribution in [1.29, 1.82) is 0 Å². The van der Waals surface area contributed by atoms with Crippen LogP contribution in [0.3, 0.4) is 0 Å². The van der Waals surface area contributed by atoms with Crippen LogP contribution in [-0.2, 0) is 22.6 Å². The fraction of sp³-hybridized carbons (Fsp3) is 0.240.